The Balaban J connectivity index is 0.987. The van der Waals surface area contributed by atoms with E-state index in [2.05, 4.69) is 217 Å². The Morgan fingerprint density at radius 3 is 1.95 bits per heavy atom. The van der Waals surface area contributed by atoms with Gasteiger partial charge in [-0.15, -0.1) is 0 Å². The van der Waals surface area contributed by atoms with Crippen molar-refractivity contribution in [1.29, 1.82) is 0 Å². The van der Waals surface area contributed by atoms with Crippen LogP contribution in [0.25, 0.3) is 100.0 Å². The normalized spacial score (nSPS) is 14.0. The highest BCUT2D eigenvalue weighted by atomic mass is 15.0. The SMILES string of the molecule is CC1C=Cc2cc(-n3c4ccccc4c4cc(-c5cccc(-c6cccc7c6Nc6ccc(-c8ccccc8)cc6-c6ccccc6-7)c5)ccc43)c3ccccc3c2C1. The van der Waals surface area contributed by atoms with E-state index in [0.29, 0.717) is 5.92 Å². The molecule has 59 heavy (non-hydrogen) atoms. The molecule has 1 aliphatic carbocycles. The van der Waals surface area contributed by atoms with Gasteiger partial charge in [-0.25, -0.2) is 0 Å². The zero-order chi connectivity index (χ0) is 39.0. The summed E-state index contributed by atoms with van der Waals surface area (Å²) < 4.78 is 2.49. The molecule has 0 spiro atoms. The summed E-state index contributed by atoms with van der Waals surface area (Å²) >= 11 is 0. The second-order valence-electron chi connectivity index (χ2n) is 16.2. The highest BCUT2D eigenvalue weighted by Crippen LogP contribution is 2.49. The van der Waals surface area contributed by atoms with Gasteiger partial charge in [0, 0.05) is 38.5 Å². The van der Waals surface area contributed by atoms with Crippen molar-refractivity contribution in [3.05, 3.63) is 205 Å². The number of nitrogens with zero attached hydrogens (tertiary/aromatic N) is 1. The van der Waals surface area contributed by atoms with Crippen molar-refractivity contribution in [2.24, 2.45) is 5.92 Å². The molecule has 0 amide bonds. The molecule has 278 valence electrons. The van der Waals surface area contributed by atoms with Crippen LogP contribution in [0.15, 0.2) is 194 Å². The third-order valence-electron chi connectivity index (χ3n) is 12.7. The minimum absolute atomic E-state index is 0.539. The minimum atomic E-state index is 0.539. The van der Waals surface area contributed by atoms with E-state index in [0.717, 1.165) is 17.8 Å². The molecule has 0 saturated carbocycles. The van der Waals surface area contributed by atoms with Crippen LogP contribution in [0.1, 0.15) is 18.1 Å². The van der Waals surface area contributed by atoms with E-state index < -0.39 is 0 Å². The van der Waals surface area contributed by atoms with E-state index in [1.165, 1.54) is 105 Å². The summed E-state index contributed by atoms with van der Waals surface area (Å²) in [5.74, 6) is 0.539. The smallest absolute Gasteiger partial charge is 0.0546 e. The Kier molecular flexibility index (Phi) is 7.61. The second kappa shape index (κ2) is 13.3. The zero-order valence-corrected chi connectivity index (χ0v) is 32.8. The summed E-state index contributed by atoms with van der Waals surface area (Å²) in [7, 11) is 0. The molecule has 1 aromatic heterocycles. The van der Waals surface area contributed by atoms with Crippen molar-refractivity contribution >= 4 is 50.0 Å². The summed E-state index contributed by atoms with van der Waals surface area (Å²) in [6.45, 7) is 2.31. The average molecular weight is 753 g/mol. The predicted octanol–water partition coefficient (Wildman–Crippen LogP) is 15.5. The van der Waals surface area contributed by atoms with Crippen molar-refractivity contribution in [1.82, 2.24) is 4.57 Å². The number of rotatable bonds is 4. The Hall–Kier alpha value is -7.42. The van der Waals surface area contributed by atoms with E-state index in [-0.39, 0.29) is 0 Å². The average Bonchev–Trinajstić information content (AvgIpc) is 3.55. The third-order valence-corrected chi connectivity index (χ3v) is 12.7. The number of allylic oxidation sites excluding steroid dienone is 1. The molecule has 1 aliphatic heterocycles. The topological polar surface area (TPSA) is 17.0 Å². The lowest BCUT2D eigenvalue weighted by atomic mass is 9.86. The van der Waals surface area contributed by atoms with Gasteiger partial charge in [-0.05, 0) is 110 Å². The number of hydrogen-bond acceptors (Lipinski definition) is 1. The minimum Gasteiger partial charge on any atom is -0.354 e. The van der Waals surface area contributed by atoms with E-state index in [4.69, 9.17) is 0 Å². The maximum atomic E-state index is 3.94. The first-order chi connectivity index (χ1) is 29.2. The van der Waals surface area contributed by atoms with Gasteiger partial charge < -0.3 is 9.88 Å². The van der Waals surface area contributed by atoms with Crippen LogP contribution >= 0.6 is 0 Å². The summed E-state index contributed by atoms with van der Waals surface area (Å²) in [6.07, 6.45) is 5.76. The molecule has 0 saturated heterocycles. The van der Waals surface area contributed by atoms with Crippen LogP contribution in [0.2, 0.25) is 0 Å². The highest BCUT2D eigenvalue weighted by molar-refractivity contribution is 6.12. The molecular formula is C57H40N2. The van der Waals surface area contributed by atoms with Gasteiger partial charge in [-0.2, -0.15) is 0 Å². The second-order valence-corrected chi connectivity index (χ2v) is 16.2. The van der Waals surface area contributed by atoms with Crippen molar-refractivity contribution in [2.45, 2.75) is 13.3 Å². The zero-order valence-electron chi connectivity index (χ0n) is 32.8. The molecule has 0 fully saturated rings. The van der Waals surface area contributed by atoms with Gasteiger partial charge in [-0.1, -0.05) is 165 Å². The molecule has 1 atom stereocenters. The van der Waals surface area contributed by atoms with Crippen molar-refractivity contribution < 1.29 is 0 Å². The largest absolute Gasteiger partial charge is 0.354 e. The van der Waals surface area contributed by atoms with Crippen LogP contribution in [0.3, 0.4) is 0 Å². The Morgan fingerprint density at radius 1 is 0.441 bits per heavy atom. The fourth-order valence-corrected chi connectivity index (χ4v) is 9.86. The Bertz CT molecular complexity index is 3350. The van der Waals surface area contributed by atoms with Gasteiger partial charge >= 0.3 is 0 Å². The van der Waals surface area contributed by atoms with Crippen LogP contribution in [-0.4, -0.2) is 4.57 Å². The van der Waals surface area contributed by atoms with E-state index >= 15 is 0 Å². The lowest BCUT2D eigenvalue weighted by Gasteiger charge is -2.21. The van der Waals surface area contributed by atoms with Gasteiger partial charge in [0.15, 0.2) is 0 Å². The first-order valence-corrected chi connectivity index (χ1v) is 20.7. The summed E-state index contributed by atoms with van der Waals surface area (Å²) in [5.41, 5.74) is 20.8. The number of hydrogen-bond donors (Lipinski definition) is 1. The van der Waals surface area contributed by atoms with Gasteiger partial charge in [-0.3, -0.25) is 0 Å². The van der Waals surface area contributed by atoms with Crippen LogP contribution in [0.5, 0.6) is 0 Å². The van der Waals surface area contributed by atoms with Gasteiger partial charge in [0.1, 0.15) is 0 Å². The number of benzene rings is 9. The number of aromatic nitrogens is 1. The molecule has 1 N–H and O–H groups in total. The summed E-state index contributed by atoms with van der Waals surface area (Å²) in [4.78, 5) is 0. The molecular weight excluding hydrogens is 713 g/mol. The van der Waals surface area contributed by atoms with Crippen molar-refractivity contribution in [3.63, 3.8) is 0 Å². The molecule has 10 aromatic rings. The number of para-hydroxylation sites is 2. The fraction of sp³-hybridized carbons (Fsp3) is 0.0526. The van der Waals surface area contributed by atoms with Crippen LogP contribution in [-0.2, 0) is 6.42 Å². The number of nitrogens with one attached hydrogen (secondary N) is 1. The highest BCUT2D eigenvalue weighted by Gasteiger charge is 2.23. The molecule has 9 aromatic carbocycles. The van der Waals surface area contributed by atoms with E-state index in [1.807, 2.05) is 0 Å². The molecule has 1 unspecified atom stereocenters. The van der Waals surface area contributed by atoms with E-state index in [1.54, 1.807) is 0 Å². The van der Waals surface area contributed by atoms with Crippen LogP contribution in [0, 0.1) is 5.92 Å². The van der Waals surface area contributed by atoms with Gasteiger partial charge in [0.2, 0.25) is 0 Å². The fourth-order valence-electron chi connectivity index (χ4n) is 9.86. The monoisotopic (exact) mass is 752 g/mol. The maximum Gasteiger partial charge on any atom is 0.0546 e. The first kappa shape index (κ1) is 33.7. The lowest BCUT2D eigenvalue weighted by molar-refractivity contribution is 0.721. The number of fused-ring (bicyclic) bond motifs is 11. The van der Waals surface area contributed by atoms with Crippen molar-refractivity contribution in [2.75, 3.05) is 5.32 Å². The van der Waals surface area contributed by atoms with Crippen LogP contribution in [0.4, 0.5) is 11.4 Å². The molecule has 2 nitrogen and oxygen atoms in total. The van der Waals surface area contributed by atoms with Gasteiger partial charge in [0.25, 0.3) is 0 Å². The Labute approximate surface area is 344 Å². The third kappa shape index (κ3) is 5.41. The molecule has 2 heterocycles. The first-order valence-electron chi connectivity index (χ1n) is 20.7. The summed E-state index contributed by atoms with van der Waals surface area (Å²) in [6, 6.07) is 69.4. The van der Waals surface area contributed by atoms with Gasteiger partial charge in [0.05, 0.1) is 22.4 Å². The maximum absolute atomic E-state index is 3.94. The standard InChI is InChI=1S/C57H40N2/c1-36-25-26-42-35-56(47-20-8-7-19-46(47)50(42)31-36)59-54-24-10-9-21-48(54)52-34-40(28-30-55(52)59)38-15-11-16-41(32-38)43-22-12-23-49-44-17-5-6-18-45(44)51-33-39(37-13-3-2-4-14-37)27-29-53(51)58-57(43)49/h2-30,32-36,58H,31H2,1H3. The quantitative estimate of drug-likeness (QED) is 0.189. The molecule has 0 bridgehead atoms. The molecule has 2 heteroatoms. The predicted molar refractivity (Wildman–Crippen MR) is 251 cm³/mol. The van der Waals surface area contributed by atoms with Crippen LogP contribution < -0.4 is 5.32 Å². The lowest BCUT2D eigenvalue weighted by Crippen LogP contribution is -2.06. The molecule has 0 radical (unpaired) electrons. The van der Waals surface area contributed by atoms with E-state index in [9.17, 15) is 0 Å². The molecule has 12 rings (SSSR count). The number of anilines is 2. The molecule has 2 aliphatic rings. The Morgan fingerprint density at radius 2 is 1.07 bits per heavy atom. The van der Waals surface area contributed by atoms with Crippen molar-refractivity contribution in [3.8, 4) is 61.3 Å². The summed E-state index contributed by atoms with van der Waals surface area (Å²) in [5, 5.41) is 9.11.